The molecule has 8 heteroatoms. The predicted molar refractivity (Wildman–Crippen MR) is 103 cm³/mol. The summed E-state index contributed by atoms with van der Waals surface area (Å²) in [5.41, 5.74) is 1.32. The lowest BCUT2D eigenvalue weighted by Crippen LogP contribution is -2.31. The van der Waals surface area contributed by atoms with Crippen LogP contribution in [0.3, 0.4) is 0 Å². The van der Waals surface area contributed by atoms with Gasteiger partial charge in [0.05, 0.1) is 11.4 Å². The van der Waals surface area contributed by atoms with Gasteiger partial charge in [-0.1, -0.05) is 12.1 Å². The Morgan fingerprint density at radius 3 is 3.00 bits per heavy atom. The highest BCUT2D eigenvalue weighted by molar-refractivity contribution is 7.99. The summed E-state index contributed by atoms with van der Waals surface area (Å²) >= 11 is 2.82. The molecule has 136 valence electrons. The Morgan fingerprint density at radius 1 is 1.38 bits per heavy atom. The first-order valence-corrected chi connectivity index (χ1v) is 10.2. The number of carbonyl (C=O) groups excluding carboxylic acids is 1. The van der Waals surface area contributed by atoms with Gasteiger partial charge in [0.2, 0.25) is 5.91 Å². The van der Waals surface area contributed by atoms with Gasteiger partial charge in [-0.15, -0.1) is 23.1 Å². The lowest BCUT2D eigenvalue weighted by molar-refractivity contribution is -0.128. The zero-order valence-corrected chi connectivity index (χ0v) is 15.9. The number of amides is 1. The van der Waals surface area contributed by atoms with Crippen molar-refractivity contribution in [2.75, 3.05) is 12.3 Å². The van der Waals surface area contributed by atoms with Crippen LogP contribution in [0, 0.1) is 5.82 Å². The second-order valence-electron chi connectivity index (χ2n) is 5.67. The van der Waals surface area contributed by atoms with Gasteiger partial charge >= 0.3 is 0 Å². The minimum absolute atomic E-state index is 0.0179. The third kappa shape index (κ3) is 4.50. The van der Waals surface area contributed by atoms with Gasteiger partial charge in [0.25, 0.3) is 5.56 Å². The molecule has 3 aromatic rings. The number of aromatic nitrogens is 2. The molecule has 0 aliphatic carbocycles. The predicted octanol–water partition coefficient (Wildman–Crippen LogP) is 3.18. The molecule has 1 aromatic carbocycles. The van der Waals surface area contributed by atoms with Crippen LogP contribution in [-0.2, 0) is 17.1 Å². The Hall–Kier alpha value is -2.19. The first-order chi connectivity index (χ1) is 12.6. The van der Waals surface area contributed by atoms with E-state index >= 15 is 0 Å². The minimum atomic E-state index is -0.304. The molecule has 2 heterocycles. The van der Waals surface area contributed by atoms with E-state index in [4.69, 9.17) is 0 Å². The number of thiazole rings is 1. The zero-order valence-electron chi connectivity index (χ0n) is 14.2. The molecule has 0 spiro atoms. The Morgan fingerprint density at radius 2 is 2.23 bits per heavy atom. The maximum atomic E-state index is 13.3. The summed E-state index contributed by atoms with van der Waals surface area (Å²) in [6, 6.07) is 7.78. The molecule has 1 amide bonds. The van der Waals surface area contributed by atoms with E-state index in [1.54, 1.807) is 23.2 Å². The smallest absolute Gasteiger partial charge is 0.258 e. The van der Waals surface area contributed by atoms with Crippen molar-refractivity contribution in [3.8, 4) is 0 Å². The first kappa shape index (κ1) is 18.6. The first-order valence-electron chi connectivity index (χ1n) is 8.12. The molecular weight excluding hydrogens is 373 g/mol. The summed E-state index contributed by atoms with van der Waals surface area (Å²) in [5, 5.41) is 1.82. The molecule has 0 atom stereocenters. The monoisotopic (exact) mass is 391 g/mol. The molecule has 0 saturated heterocycles. The number of hydrogen-bond acceptors (Lipinski definition) is 5. The Labute approximate surface area is 158 Å². The number of thioether (sulfide) groups is 1. The van der Waals surface area contributed by atoms with Crippen molar-refractivity contribution >= 4 is 34.0 Å². The Kier molecular flexibility index (Phi) is 6.05. The highest BCUT2D eigenvalue weighted by Gasteiger charge is 2.13. The molecule has 26 heavy (non-hydrogen) atoms. The van der Waals surface area contributed by atoms with Crippen LogP contribution in [0.4, 0.5) is 4.39 Å². The van der Waals surface area contributed by atoms with Gasteiger partial charge in [0.15, 0.2) is 4.96 Å². The van der Waals surface area contributed by atoms with Crippen molar-refractivity contribution in [3.63, 3.8) is 0 Å². The van der Waals surface area contributed by atoms with Crippen LogP contribution in [0.25, 0.3) is 4.96 Å². The van der Waals surface area contributed by atoms with Gasteiger partial charge in [-0.3, -0.25) is 14.0 Å². The number of fused-ring (bicyclic) bond motifs is 1. The van der Waals surface area contributed by atoms with Crippen molar-refractivity contribution in [1.29, 1.82) is 0 Å². The van der Waals surface area contributed by atoms with Crippen LogP contribution >= 0.6 is 23.1 Å². The van der Waals surface area contributed by atoms with Crippen molar-refractivity contribution in [3.05, 3.63) is 69.3 Å². The van der Waals surface area contributed by atoms with Crippen molar-refractivity contribution in [1.82, 2.24) is 14.3 Å². The van der Waals surface area contributed by atoms with Gasteiger partial charge in [-0.05, 0) is 24.6 Å². The average Bonchev–Trinajstić information content (AvgIpc) is 3.09. The number of carbonyl (C=O) groups is 1. The topological polar surface area (TPSA) is 54.7 Å². The van der Waals surface area contributed by atoms with E-state index in [2.05, 4.69) is 4.98 Å². The van der Waals surface area contributed by atoms with Crippen LogP contribution in [0.5, 0.6) is 0 Å². The van der Waals surface area contributed by atoms with Crippen LogP contribution in [0.2, 0.25) is 0 Å². The van der Waals surface area contributed by atoms with Gasteiger partial charge in [0, 0.05) is 36.5 Å². The Bertz CT molecular complexity index is 970. The van der Waals surface area contributed by atoms with Gasteiger partial charge in [-0.25, -0.2) is 9.37 Å². The van der Waals surface area contributed by atoms with E-state index in [9.17, 15) is 14.0 Å². The summed E-state index contributed by atoms with van der Waals surface area (Å²) in [4.78, 5) is 31.1. The normalized spacial score (nSPS) is 11.0. The van der Waals surface area contributed by atoms with E-state index in [1.165, 1.54) is 45.7 Å². The molecule has 0 unspecified atom stereocenters. The number of rotatable bonds is 7. The van der Waals surface area contributed by atoms with E-state index in [0.29, 0.717) is 29.5 Å². The summed E-state index contributed by atoms with van der Waals surface area (Å²) < 4.78 is 14.8. The second-order valence-corrected chi connectivity index (χ2v) is 7.53. The summed E-state index contributed by atoms with van der Waals surface area (Å²) in [6.45, 7) is 2.83. The van der Waals surface area contributed by atoms with Crippen LogP contribution < -0.4 is 5.56 Å². The molecule has 0 fully saturated rings. The molecule has 0 N–H and O–H groups in total. The summed E-state index contributed by atoms with van der Waals surface area (Å²) in [6.07, 6.45) is 1.70. The van der Waals surface area contributed by atoms with Crippen LogP contribution in [0.15, 0.2) is 46.7 Å². The lowest BCUT2D eigenvalue weighted by Gasteiger charge is -2.21. The molecule has 0 saturated carbocycles. The summed E-state index contributed by atoms with van der Waals surface area (Å²) in [5.74, 6) is 0.457. The van der Waals surface area contributed by atoms with Crippen LogP contribution in [0.1, 0.15) is 18.2 Å². The SMILES string of the molecule is CCN(Cc1cccc(F)c1)C(=O)CSCc1cc(=O)n2ccsc2n1. The van der Waals surface area contributed by atoms with Gasteiger partial charge in [-0.2, -0.15) is 0 Å². The quantitative estimate of drug-likeness (QED) is 0.621. The molecule has 3 rings (SSSR count). The third-order valence-electron chi connectivity index (χ3n) is 3.83. The number of benzene rings is 1. The van der Waals surface area contributed by atoms with Gasteiger partial charge < -0.3 is 4.90 Å². The second kappa shape index (κ2) is 8.46. The Balaban J connectivity index is 1.57. The fourth-order valence-corrected chi connectivity index (χ4v) is 4.08. The highest BCUT2D eigenvalue weighted by atomic mass is 32.2. The highest BCUT2D eigenvalue weighted by Crippen LogP contribution is 2.14. The fraction of sp³-hybridized carbons (Fsp3) is 0.278. The fourth-order valence-electron chi connectivity index (χ4n) is 2.53. The maximum absolute atomic E-state index is 13.3. The van der Waals surface area contributed by atoms with E-state index in [-0.39, 0.29) is 23.0 Å². The molecule has 0 aliphatic rings. The number of hydrogen-bond donors (Lipinski definition) is 0. The molecule has 2 aromatic heterocycles. The van der Waals surface area contributed by atoms with E-state index in [1.807, 2.05) is 12.3 Å². The van der Waals surface area contributed by atoms with E-state index in [0.717, 1.165) is 5.56 Å². The third-order valence-corrected chi connectivity index (χ3v) is 5.54. The van der Waals surface area contributed by atoms with Crippen LogP contribution in [-0.4, -0.2) is 32.5 Å². The zero-order chi connectivity index (χ0) is 18.5. The van der Waals surface area contributed by atoms with E-state index < -0.39 is 0 Å². The van der Waals surface area contributed by atoms with Gasteiger partial charge in [0.1, 0.15) is 5.82 Å². The molecule has 0 aliphatic heterocycles. The molecule has 5 nitrogen and oxygen atoms in total. The maximum Gasteiger partial charge on any atom is 0.258 e. The lowest BCUT2D eigenvalue weighted by atomic mass is 10.2. The number of nitrogens with zero attached hydrogens (tertiary/aromatic N) is 3. The molecule has 0 radical (unpaired) electrons. The largest absolute Gasteiger partial charge is 0.338 e. The number of halogens is 1. The minimum Gasteiger partial charge on any atom is -0.338 e. The average molecular weight is 391 g/mol. The van der Waals surface area contributed by atoms with Crippen molar-refractivity contribution in [2.24, 2.45) is 0 Å². The standard InChI is InChI=1S/C18H18FN3O2S2/c1-2-21(10-13-4-3-5-14(19)8-13)17(24)12-25-11-15-9-16(23)22-6-7-26-18(22)20-15/h3-9H,2,10-12H2,1H3. The molecular formula is C18H18FN3O2S2. The summed E-state index contributed by atoms with van der Waals surface area (Å²) in [7, 11) is 0. The van der Waals surface area contributed by atoms with Crippen molar-refractivity contribution < 1.29 is 9.18 Å². The van der Waals surface area contributed by atoms with Crippen molar-refractivity contribution in [2.45, 2.75) is 19.2 Å². The molecule has 0 bridgehead atoms.